The zero-order valence-corrected chi connectivity index (χ0v) is 13.1. The zero-order chi connectivity index (χ0) is 16.6. The molecule has 0 radical (unpaired) electrons. The highest BCUT2D eigenvalue weighted by Gasteiger charge is 2.35. The maximum atomic E-state index is 12.3. The Labute approximate surface area is 133 Å². The summed E-state index contributed by atoms with van der Waals surface area (Å²) in [7, 11) is 0. The van der Waals surface area contributed by atoms with Gasteiger partial charge in [0.15, 0.2) is 0 Å². The van der Waals surface area contributed by atoms with Crippen LogP contribution in [0.15, 0.2) is 17.1 Å². The molecule has 0 bridgehead atoms. The molecule has 0 saturated carbocycles. The van der Waals surface area contributed by atoms with Gasteiger partial charge in [0, 0.05) is 30.2 Å². The van der Waals surface area contributed by atoms with E-state index in [0.717, 1.165) is 17.5 Å². The van der Waals surface area contributed by atoms with Gasteiger partial charge in [0.2, 0.25) is 0 Å². The van der Waals surface area contributed by atoms with Gasteiger partial charge in [0.25, 0.3) is 0 Å². The maximum absolute atomic E-state index is 12.3. The molecule has 3 rings (SSSR count). The average Bonchev–Trinajstić information content (AvgIpc) is 3.04. The first-order valence-electron chi connectivity index (χ1n) is 7.78. The highest BCUT2D eigenvalue weighted by Crippen LogP contribution is 2.28. The molecule has 1 aliphatic heterocycles. The number of aryl methyl sites for hydroxylation is 2. The Morgan fingerprint density at radius 1 is 1.52 bits per heavy atom. The van der Waals surface area contributed by atoms with Crippen molar-refractivity contribution in [3.05, 3.63) is 28.4 Å². The minimum Gasteiger partial charge on any atom is -0.394 e. The van der Waals surface area contributed by atoms with Crippen molar-refractivity contribution in [2.75, 3.05) is 13.2 Å². The Morgan fingerprint density at radius 2 is 2.30 bits per heavy atom. The molecular formula is C15H22N4O4. The molecule has 0 spiro atoms. The standard InChI is InChI=1S/C15H22N4O4/c1-9-5-10-7-19(13-6-11(21)12(8-20)23-13)15(22)17-14(10)18(9)4-2-3-16/h5,7,11-13,20-21H,2-4,6,8,16H2,1H3/t11-,12+,13+/m0/s1. The second kappa shape index (κ2) is 6.40. The van der Waals surface area contributed by atoms with Crippen molar-refractivity contribution in [1.29, 1.82) is 0 Å². The Kier molecular flexibility index (Phi) is 4.49. The van der Waals surface area contributed by atoms with Crippen molar-refractivity contribution < 1.29 is 14.9 Å². The zero-order valence-electron chi connectivity index (χ0n) is 13.1. The highest BCUT2D eigenvalue weighted by molar-refractivity contribution is 5.76. The summed E-state index contributed by atoms with van der Waals surface area (Å²) in [4.78, 5) is 16.5. The second-order valence-electron chi connectivity index (χ2n) is 5.90. The lowest BCUT2D eigenvalue weighted by Gasteiger charge is -2.14. The molecule has 1 saturated heterocycles. The predicted molar refractivity (Wildman–Crippen MR) is 84.0 cm³/mol. The fourth-order valence-electron chi connectivity index (χ4n) is 3.05. The van der Waals surface area contributed by atoms with Crippen LogP contribution in [0.4, 0.5) is 0 Å². The van der Waals surface area contributed by atoms with E-state index in [-0.39, 0.29) is 13.0 Å². The fourth-order valence-corrected chi connectivity index (χ4v) is 3.05. The van der Waals surface area contributed by atoms with E-state index >= 15 is 0 Å². The lowest BCUT2D eigenvalue weighted by atomic mass is 10.2. The van der Waals surface area contributed by atoms with Crippen molar-refractivity contribution >= 4 is 11.0 Å². The third kappa shape index (κ3) is 2.90. The minimum atomic E-state index is -0.788. The lowest BCUT2D eigenvalue weighted by Crippen LogP contribution is -2.28. The number of aliphatic hydroxyl groups is 2. The summed E-state index contributed by atoms with van der Waals surface area (Å²) in [5.74, 6) is 0. The van der Waals surface area contributed by atoms with E-state index in [2.05, 4.69) is 4.98 Å². The SMILES string of the molecule is Cc1cc2cn([C@H]3C[C@H](O)[C@@H](CO)O3)c(=O)nc2n1CCCN. The number of aliphatic hydroxyl groups excluding tert-OH is 2. The summed E-state index contributed by atoms with van der Waals surface area (Å²) in [5.41, 5.74) is 6.77. The van der Waals surface area contributed by atoms with Crippen molar-refractivity contribution in [1.82, 2.24) is 14.1 Å². The Balaban J connectivity index is 1.98. The molecule has 0 aliphatic carbocycles. The molecular weight excluding hydrogens is 300 g/mol. The summed E-state index contributed by atoms with van der Waals surface area (Å²) in [6.07, 6.45) is 0.700. The fraction of sp³-hybridized carbons (Fsp3) is 0.600. The first kappa shape index (κ1) is 16.1. The number of hydrogen-bond acceptors (Lipinski definition) is 6. The van der Waals surface area contributed by atoms with Gasteiger partial charge in [0.05, 0.1) is 12.7 Å². The van der Waals surface area contributed by atoms with Gasteiger partial charge in [-0.25, -0.2) is 4.79 Å². The van der Waals surface area contributed by atoms with E-state index in [1.807, 2.05) is 17.6 Å². The van der Waals surface area contributed by atoms with E-state index in [0.29, 0.717) is 18.7 Å². The van der Waals surface area contributed by atoms with E-state index in [1.54, 1.807) is 6.20 Å². The number of fused-ring (bicyclic) bond motifs is 1. The van der Waals surface area contributed by atoms with Gasteiger partial charge in [-0.3, -0.25) is 4.57 Å². The van der Waals surface area contributed by atoms with Gasteiger partial charge in [0.1, 0.15) is 18.0 Å². The molecule has 4 N–H and O–H groups in total. The Morgan fingerprint density at radius 3 is 2.96 bits per heavy atom. The smallest absolute Gasteiger partial charge is 0.351 e. The predicted octanol–water partition coefficient (Wildman–Crippen LogP) is -0.504. The molecule has 8 nitrogen and oxygen atoms in total. The Hall–Kier alpha value is -1.74. The molecule has 2 aromatic rings. The van der Waals surface area contributed by atoms with Gasteiger partial charge in [-0.2, -0.15) is 4.98 Å². The van der Waals surface area contributed by atoms with E-state index in [9.17, 15) is 9.90 Å². The van der Waals surface area contributed by atoms with Crippen LogP contribution < -0.4 is 11.4 Å². The number of nitrogens with two attached hydrogens (primary N) is 1. The summed E-state index contributed by atoms with van der Waals surface area (Å²) >= 11 is 0. The maximum Gasteiger partial charge on any atom is 0.351 e. The van der Waals surface area contributed by atoms with Crippen LogP contribution in [0.3, 0.4) is 0 Å². The molecule has 0 aromatic carbocycles. The molecule has 3 heterocycles. The number of aromatic nitrogens is 3. The van der Waals surface area contributed by atoms with Crippen molar-refractivity contribution in [2.45, 2.75) is 44.7 Å². The van der Waals surface area contributed by atoms with Gasteiger partial charge in [-0.05, 0) is 26.0 Å². The summed E-state index contributed by atoms with van der Waals surface area (Å²) in [6.45, 7) is 2.97. The van der Waals surface area contributed by atoms with Crippen LogP contribution in [0.2, 0.25) is 0 Å². The van der Waals surface area contributed by atoms with Crippen LogP contribution in [0, 0.1) is 6.92 Å². The van der Waals surface area contributed by atoms with Crippen LogP contribution in [0.25, 0.3) is 11.0 Å². The molecule has 0 unspecified atom stereocenters. The normalized spacial score (nSPS) is 24.6. The average molecular weight is 322 g/mol. The number of hydrogen-bond donors (Lipinski definition) is 3. The lowest BCUT2D eigenvalue weighted by molar-refractivity contribution is -0.0457. The third-order valence-electron chi connectivity index (χ3n) is 4.28. The molecule has 23 heavy (non-hydrogen) atoms. The van der Waals surface area contributed by atoms with Crippen LogP contribution in [-0.2, 0) is 11.3 Å². The summed E-state index contributed by atoms with van der Waals surface area (Å²) < 4.78 is 8.90. The third-order valence-corrected chi connectivity index (χ3v) is 4.28. The van der Waals surface area contributed by atoms with E-state index < -0.39 is 24.1 Å². The number of rotatable bonds is 5. The topological polar surface area (TPSA) is 116 Å². The molecule has 2 aromatic heterocycles. The van der Waals surface area contributed by atoms with Crippen LogP contribution in [0.1, 0.15) is 24.8 Å². The van der Waals surface area contributed by atoms with Gasteiger partial charge >= 0.3 is 5.69 Å². The Bertz CT molecular complexity index is 754. The van der Waals surface area contributed by atoms with Gasteiger partial charge in [-0.15, -0.1) is 0 Å². The molecule has 126 valence electrons. The first-order valence-corrected chi connectivity index (χ1v) is 7.78. The van der Waals surface area contributed by atoms with Crippen molar-refractivity contribution in [3.8, 4) is 0 Å². The van der Waals surface area contributed by atoms with E-state index in [4.69, 9.17) is 15.6 Å². The minimum absolute atomic E-state index is 0.255. The van der Waals surface area contributed by atoms with Gasteiger partial charge < -0.3 is 25.3 Å². The quantitative estimate of drug-likeness (QED) is 0.683. The number of ether oxygens (including phenoxy) is 1. The largest absolute Gasteiger partial charge is 0.394 e. The van der Waals surface area contributed by atoms with Gasteiger partial charge in [-0.1, -0.05) is 0 Å². The molecule has 8 heteroatoms. The van der Waals surface area contributed by atoms with Crippen molar-refractivity contribution in [2.24, 2.45) is 5.73 Å². The molecule has 1 fully saturated rings. The van der Waals surface area contributed by atoms with E-state index in [1.165, 1.54) is 4.57 Å². The highest BCUT2D eigenvalue weighted by atomic mass is 16.5. The van der Waals surface area contributed by atoms with Crippen LogP contribution >= 0.6 is 0 Å². The molecule has 1 aliphatic rings. The number of nitrogens with zero attached hydrogens (tertiary/aromatic N) is 3. The second-order valence-corrected chi connectivity index (χ2v) is 5.90. The summed E-state index contributed by atoms with van der Waals surface area (Å²) in [6, 6.07) is 1.96. The monoisotopic (exact) mass is 322 g/mol. The van der Waals surface area contributed by atoms with Crippen LogP contribution in [0.5, 0.6) is 0 Å². The first-order chi connectivity index (χ1) is 11.0. The molecule has 3 atom stereocenters. The molecule has 0 amide bonds. The summed E-state index contributed by atoms with van der Waals surface area (Å²) in [5, 5.41) is 19.8. The van der Waals surface area contributed by atoms with Crippen LogP contribution in [-0.4, -0.2) is 49.7 Å². The van der Waals surface area contributed by atoms with Crippen molar-refractivity contribution in [3.63, 3.8) is 0 Å².